The van der Waals surface area contributed by atoms with E-state index in [1.165, 1.54) is 29.3 Å². The van der Waals surface area contributed by atoms with Gasteiger partial charge < -0.3 is 14.2 Å². The van der Waals surface area contributed by atoms with Crippen molar-refractivity contribution in [3.63, 3.8) is 0 Å². The molecule has 3 rings (SSSR count). The van der Waals surface area contributed by atoms with Crippen molar-refractivity contribution in [1.82, 2.24) is 9.47 Å². The minimum Gasteiger partial charge on any atom is -0.495 e. The van der Waals surface area contributed by atoms with E-state index in [0.717, 1.165) is 5.75 Å². The lowest BCUT2D eigenvalue weighted by atomic mass is 9.85. The fraction of sp³-hybridized carbons (Fsp3) is 0.500. The Kier molecular flexibility index (Phi) is 3.02. The third-order valence-electron chi connectivity index (χ3n) is 4.36. The van der Waals surface area contributed by atoms with Crippen LogP contribution in [0.25, 0.3) is 10.9 Å². The van der Waals surface area contributed by atoms with Crippen LogP contribution in [0.5, 0.6) is 5.75 Å². The van der Waals surface area contributed by atoms with Crippen molar-refractivity contribution in [2.75, 3.05) is 21.2 Å². The maximum absolute atomic E-state index is 5.59. The van der Waals surface area contributed by atoms with Gasteiger partial charge in [0.1, 0.15) is 5.75 Å². The van der Waals surface area contributed by atoms with Gasteiger partial charge in [0.2, 0.25) is 0 Å². The molecule has 0 bridgehead atoms. The Labute approximate surface area is 114 Å². The zero-order chi connectivity index (χ0) is 13.6. The average Bonchev–Trinajstić information content (AvgIpc) is 2.69. The van der Waals surface area contributed by atoms with Crippen LogP contribution in [-0.2, 0) is 0 Å². The predicted octanol–water partition coefficient (Wildman–Crippen LogP) is 3.22. The maximum atomic E-state index is 5.59. The summed E-state index contributed by atoms with van der Waals surface area (Å²) < 4.78 is 7.99. The highest BCUT2D eigenvalue weighted by molar-refractivity contribution is 5.87. The standard InChI is InChI=1S/C16H22N2O/c1-11-9-12-7-8-18(16(12)15(10-11)19-4)14-6-5-13(14)17(2)3/h7-10,13-14H,5-6H2,1-4H3. The number of rotatable bonds is 3. The summed E-state index contributed by atoms with van der Waals surface area (Å²) in [5, 5.41) is 1.28. The van der Waals surface area contributed by atoms with E-state index in [4.69, 9.17) is 4.74 Å². The molecule has 3 nitrogen and oxygen atoms in total. The molecule has 3 heteroatoms. The molecule has 2 aromatic rings. The average molecular weight is 258 g/mol. The molecule has 2 unspecified atom stereocenters. The Hall–Kier alpha value is -1.48. The van der Waals surface area contributed by atoms with Crippen LogP contribution in [0.1, 0.15) is 24.4 Å². The molecule has 0 amide bonds. The van der Waals surface area contributed by atoms with Gasteiger partial charge in [-0.25, -0.2) is 0 Å². The lowest BCUT2D eigenvalue weighted by Gasteiger charge is -2.42. The third kappa shape index (κ3) is 1.93. The maximum Gasteiger partial charge on any atom is 0.143 e. The van der Waals surface area contributed by atoms with Gasteiger partial charge in [-0.05, 0) is 57.6 Å². The van der Waals surface area contributed by atoms with Crippen molar-refractivity contribution in [3.8, 4) is 5.75 Å². The molecule has 0 aliphatic heterocycles. The highest BCUT2D eigenvalue weighted by Crippen LogP contribution is 2.40. The molecular weight excluding hydrogens is 236 g/mol. The first-order valence-electron chi connectivity index (χ1n) is 6.93. The van der Waals surface area contributed by atoms with E-state index in [0.29, 0.717) is 12.1 Å². The summed E-state index contributed by atoms with van der Waals surface area (Å²) in [6.45, 7) is 2.12. The smallest absolute Gasteiger partial charge is 0.143 e. The third-order valence-corrected chi connectivity index (χ3v) is 4.36. The highest BCUT2D eigenvalue weighted by Gasteiger charge is 2.34. The van der Waals surface area contributed by atoms with Gasteiger partial charge in [-0.3, -0.25) is 0 Å². The number of fused-ring (bicyclic) bond motifs is 1. The second-order valence-corrected chi connectivity index (χ2v) is 5.80. The minimum absolute atomic E-state index is 0.573. The van der Waals surface area contributed by atoms with Crippen LogP contribution in [0.15, 0.2) is 24.4 Å². The Morgan fingerprint density at radius 3 is 2.63 bits per heavy atom. The van der Waals surface area contributed by atoms with Crippen LogP contribution in [-0.4, -0.2) is 36.7 Å². The number of hydrogen-bond donors (Lipinski definition) is 0. The van der Waals surface area contributed by atoms with Crippen molar-refractivity contribution in [1.29, 1.82) is 0 Å². The normalized spacial score (nSPS) is 22.8. The van der Waals surface area contributed by atoms with E-state index in [2.05, 4.69) is 54.9 Å². The van der Waals surface area contributed by atoms with E-state index in [1.54, 1.807) is 7.11 Å². The number of methoxy groups -OCH3 is 1. The monoisotopic (exact) mass is 258 g/mol. The fourth-order valence-electron chi connectivity index (χ4n) is 3.23. The molecule has 0 saturated heterocycles. The fourth-order valence-corrected chi connectivity index (χ4v) is 3.23. The Bertz CT molecular complexity index is 600. The van der Waals surface area contributed by atoms with Gasteiger partial charge in [0.15, 0.2) is 0 Å². The number of aromatic nitrogens is 1. The van der Waals surface area contributed by atoms with Crippen LogP contribution in [0, 0.1) is 6.92 Å². The molecule has 1 aliphatic carbocycles. The minimum atomic E-state index is 0.573. The molecule has 19 heavy (non-hydrogen) atoms. The van der Waals surface area contributed by atoms with Gasteiger partial charge >= 0.3 is 0 Å². The summed E-state index contributed by atoms with van der Waals surface area (Å²) in [7, 11) is 6.10. The van der Waals surface area contributed by atoms with Gasteiger partial charge in [0.05, 0.1) is 12.6 Å². The summed E-state index contributed by atoms with van der Waals surface area (Å²) in [5.41, 5.74) is 2.49. The molecule has 1 aliphatic rings. The van der Waals surface area contributed by atoms with Crippen molar-refractivity contribution in [2.45, 2.75) is 31.8 Å². The van der Waals surface area contributed by atoms with E-state index < -0.39 is 0 Å². The topological polar surface area (TPSA) is 17.4 Å². The van der Waals surface area contributed by atoms with Crippen molar-refractivity contribution < 1.29 is 4.74 Å². The van der Waals surface area contributed by atoms with Crippen LogP contribution in [0.2, 0.25) is 0 Å². The number of likely N-dealkylation sites (N-methyl/N-ethyl adjacent to an activating group) is 1. The largest absolute Gasteiger partial charge is 0.495 e. The lowest BCUT2D eigenvalue weighted by molar-refractivity contribution is 0.116. The van der Waals surface area contributed by atoms with Gasteiger partial charge in [-0.1, -0.05) is 0 Å². The Morgan fingerprint density at radius 2 is 2.05 bits per heavy atom. The van der Waals surface area contributed by atoms with Crippen molar-refractivity contribution in [2.24, 2.45) is 0 Å². The van der Waals surface area contributed by atoms with Gasteiger partial charge in [-0.15, -0.1) is 0 Å². The van der Waals surface area contributed by atoms with Crippen LogP contribution >= 0.6 is 0 Å². The van der Waals surface area contributed by atoms with E-state index >= 15 is 0 Å². The molecular formula is C16H22N2O. The van der Waals surface area contributed by atoms with Gasteiger partial charge in [-0.2, -0.15) is 0 Å². The van der Waals surface area contributed by atoms with Crippen LogP contribution in [0.3, 0.4) is 0 Å². The summed E-state index contributed by atoms with van der Waals surface area (Å²) in [5.74, 6) is 0.990. The molecule has 0 radical (unpaired) electrons. The number of nitrogens with zero attached hydrogens (tertiary/aromatic N) is 2. The molecule has 2 atom stereocenters. The summed E-state index contributed by atoms with van der Waals surface area (Å²) in [6, 6.07) is 7.78. The zero-order valence-corrected chi connectivity index (χ0v) is 12.2. The SMILES string of the molecule is COc1cc(C)cc2ccn(C3CCC3N(C)C)c12. The first kappa shape index (κ1) is 12.5. The van der Waals surface area contributed by atoms with E-state index in [-0.39, 0.29) is 0 Å². The first-order valence-corrected chi connectivity index (χ1v) is 6.93. The molecule has 1 aromatic carbocycles. The molecule has 1 heterocycles. The van der Waals surface area contributed by atoms with Gasteiger partial charge in [0.25, 0.3) is 0 Å². The van der Waals surface area contributed by atoms with Crippen molar-refractivity contribution in [3.05, 3.63) is 30.0 Å². The lowest BCUT2D eigenvalue weighted by Crippen LogP contribution is -2.44. The van der Waals surface area contributed by atoms with E-state index in [1.807, 2.05) is 0 Å². The number of aryl methyl sites for hydroxylation is 1. The summed E-state index contributed by atoms with van der Waals surface area (Å²) >= 11 is 0. The number of hydrogen-bond acceptors (Lipinski definition) is 2. The van der Waals surface area contributed by atoms with Gasteiger partial charge in [0, 0.05) is 23.7 Å². The summed E-state index contributed by atoms with van der Waals surface area (Å²) in [6.07, 6.45) is 4.75. The number of benzene rings is 1. The molecule has 0 N–H and O–H groups in total. The van der Waals surface area contributed by atoms with E-state index in [9.17, 15) is 0 Å². The molecule has 102 valence electrons. The Balaban J connectivity index is 2.10. The highest BCUT2D eigenvalue weighted by atomic mass is 16.5. The van der Waals surface area contributed by atoms with Crippen molar-refractivity contribution >= 4 is 10.9 Å². The quantitative estimate of drug-likeness (QED) is 0.841. The molecule has 1 saturated carbocycles. The molecule has 0 spiro atoms. The zero-order valence-electron chi connectivity index (χ0n) is 12.2. The van der Waals surface area contributed by atoms with Crippen LogP contribution < -0.4 is 4.74 Å². The van der Waals surface area contributed by atoms with Crippen LogP contribution in [0.4, 0.5) is 0 Å². The summed E-state index contributed by atoms with van der Waals surface area (Å²) in [4.78, 5) is 2.33. The Morgan fingerprint density at radius 1 is 1.26 bits per heavy atom. The second-order valence-electron chi connectivity index (χ2n) is 5.80. The second kappa shape index (κ2) is 4.57. The predicted molar refractivity (Wildman–Crippen MR) is 79.0 cm³/mol. The molecule has 1 fully saturated rings. The first-order chi connectivity index (χ1) is 9.11. The number of ether oxygens (including phenoxy) is 1. The molecule has 1 aromatic heterocycles.